The van der Waals surface area contributed by atoms with Crippen molar-refractivity contribution in [3.05, 3.63) is 12.3 Å². The molecule has 1 heterocycles. The van der Waals surface area contributed by atoms with Gasteiger partial charge in [-0.3, -0.25) is 4.68 Å². The maximum Gasteiger partial charge on any atom is 0.145 e. The van der Waals surface area contributed by atoms with E-state index in [1.54, 1.807) is 10.7 Å². The van der Waals surface area contributed by atoms with Gasteiger partial charge in [-0.2, -0.15) is 5.10 Å². The Morgan fingerprint density at radius 2 is 2.42 bits per heavy atom. The third kappa shape index (κ3) is 2.92. The van der Waals surface area contributed by atoms with Crippen LogP contribution in [0, 0.1) is 0 Å². The lowest BCUT2D eigenvalue weighted by atomic mass is 10.5. The van der Waals surface area contributed by atoms with Gasteiger partial charge in [0, 0.05) is 6.20 Å². The fourth-order valence-corrected chi connectivity index (χ4v) is 0.884. The van der Waals surface area contributed by atoms with Gasteiger partial charge in [0.15, 0.2) is 0 Å². The van der Waals surface area contributed by atoms with Crippen molar-refractivity contribution in [2.45, 2.75) is 26.5 Å². The number of hydrogen-bond donors (Lipinski definition) is 1. The first kappa shape index (κ1) is 9.06. The Labute approximate surface area is 72.3 Å². The van der Waals surface area contributed by atoms with E-state index in [9.17, 15) is 0 Å². The van der Waals surface area contributed by atoms with Crippen LogP contribution in [0.1, 0.15) is 13.8 Å². The van der Waals surface area contributed by atoms with E-state index in [1.807, 2.05) is 20.0 Å². The molecule has 0 aliphatic rings. The van der Waals surface area contributed by atoms with Gasteiger partial charge in [0.05, 0.1) is 19.3 Å². The molecule has 0 fully saturated rings. The number of anilines is 1. The molecule has 68 valence electrons. The smallest absolute Gasteiger partial charge is 0.145 e. The van der Waals surface area contributed by atoms with Crippen LogP contribution in [0.4, 0.5) is 5.82 Å². The zero-order chi connectivity index (χ0) is 8.97. The second kappa shape index (κ2) is 4.11. The SMILES string of the molecule is CC(C)OCCn1ccc(N)n1. The molecule has 2 N–H and O–H groups in total. The summed E-state index contributed by atoms with van der Waals surface area (Å²) in [5.41, 5.74) is 5.44. The Kier molecular flexibility index (Phi) is 3.10. The number of aromatic nitrogens is 2. The van der Waals surface area contributed by atoms with E-state index in [2.05, 4.69) is 5.10 Å². The fourth-order valence-electron chi connectivity index (χ4n) is 0.884. The normalized spacial score (nSPS) is 10.9. The Bertz CT molecular complexity index is 232. The lowest BCUT2D eigenvalue weighted by Crippen LogP contribution is -2.10. The van der Waals surface area contributed by atoms with Gasteiger partial charge >= 0.3 is 0 Å². The van der Waals surface area contributed by atoms with Crippen LogP contribution < -0.4 is 5.73 Å². The average molecular weight is 169 g/mol. The molecule has 0 saturated carbocycles. The molecule has 0 saturated heterocycles. The minimum Gasteiger partial charge on any atom is -0.382 e. The van der Waals surface area contributed by atoms with Crippen LogP contribution >= 0.6 is 0 Å². The van der Waals surface area contributed by atoms with E-state index >= 15 is 0 Å². The molecule has 12 heavy (non-hydrogen) atoms. The van der Waals surface area contributed by atoms with E-state index in [1.165, 1.54) is 0 Å². The lowest BCUT2D eigenvalue weighted by Gasteiger charge is -2.06. The number of nitrogens with two attached hydrogens (primary N) is 1. The molecule has 1 aromatic heterocycles. The average Bonchev–Trinajstić information content (AvgIpc) is 2.35. The zero-order valence-electron chi connectivity index (χ0n) is 7.53. The maximum absolute atomic E-state index is 5.44. The number of nitrogens with zero attached hydrogens (tertiary/aromatic N) is 2. The predicted molar refractivity (Wildman–Crippen MR) is 47.7 cm³/mol. The van der Waals surface area contributed by atoms with Crippen LogP contribution in [0.25, 0.3) is 0 Å². The second-order valence-corrected chi connectivity index (χ2v) is 2.92. The van der Waals surface area contributed by atoms with Gasteiger partial charge in [0.25, 0.3) is 0 Å². The number of rotatable bonds is 4. The third-order valence-electron chi connectivity index (χ3n) is 1.43. The van der Waals surface area contributed by atoms with Gasteiger partial charge in [-0.05, 0) is 19.9 Å². The summed E-state index contributed by atoms with van der Waals surface area (Å²) in [7, 11) is 0. The maximum atomic E-state index is 5.44. The molecule has 4 heteroatoms. The minimum absolute atomic E-state index is 0.276. The second-order valence-electron chi connectivity index (χ2n) is 2.92. The van der Waals surface area contributed by atoms with Crippen molar-refractivity contribution in [3.63, 3.8) is 0 Å². The Hall–Kier alpha value is -1.03. The fraction of sp³-hybridized carbons (Fsp3) is 0.625. The molecule has 1 rings (SSSR count). The van der Waals surface area contributed by atoms with Gasteiger partial charge in [0.2, 0.25) is 0 Å². The molecule has 0 aliphatic heterocycles. The Morgan fingerprint density at radius 1 is 1.67 bits per heavy atom. The molecule has 0 radical (unpaired) electrons. The summed E-state index contributed by atoms with van der Waals surface area (Å²) in [5, 5.41) is 4.02. The van der Waals surface area contributed by atoms with Crippen LogP contribution in [0.2, 0.25) is 0 Å². The van der Waals surface area contributed by atoms with Crippen LogP contribution in [-0.2, 0) is 11.3 Å². The summed E-state index contributed by atoms with van der Waals surface area (Å²) in [4.78, 5) is 0. The summed E-state index contributed by atoms with van der Waals surface area (Å²) >= 11 is 0. The first-order valence-electron chi connectivity index (χ1n) is 4.09. The van der Waals surface area contributed by atoms with E-state index < -0.39 is 0 Å². The van der Waals surface area contributed by atoms with Crippen LogP contribution in [0.3, 0.4) is 0 Å². The molecule has 4 nitrogen and oxygen atoms in total. The van der Waals surface area contributed by atoms with E-state index in [-0.39, 0.29) is 6.10 Å². The molecule has 1 aromatic rings. The molecule has 0 atom stereocenters. The van der Waals surface area contributed by atoms with Crippen molar-refractivity contribution in [2.24, 2.45) is 0 Å². The zero-order valence-corrected chi connectivity index (χ0v) is 7.53. The third-order valence-corrected chi connectivity index (χ3v) is 1.43. The van der Waals surface area contributed by atoms with E-state index in [0.717, 1.165) is 6.54 Å². The number of ether oxygens (including phenoxy) is 1. The summed E-state index contributed by atoms with van der Waals surface area (Å²) in [5.74, 6) is 0.555. The summed E-state index contributed by atoms with van der Waals surface area (Å²) < 4.78 is 7.13. The largest absolute Gasteiger partial charge is 0.382 e. The van der Waals surface area contributed by atoms with Crippen molar-refractivity contribution in [2.75, 3.05) is 12.3 Å². The topological polar surface area (TPSA) is 53.1 Å². The first-order chi connectivity index (χ1) is 5.68. The monoisotopic (exact) mass is 169 g/mol. The number of nitrogen functional groups attached to an aromatic ring is 1. The van der Waals surface area contributed by atoms with E-state index in [4.69, 9.17) is 10.5 Å². The molecular formula is C8H15N3O. The molecule has 0 aromatic carbocycles. The standard InChI is InChI=1S/C8H15N3O/c1-7(2)12-6-5-11-4-3-8(9)10-11/h3-4,7H,5-6H2,1-2H3,(H2,9,10). The highest BCUT2D eigenvalue weighted by atomic mass is 16.5. The van der Waals surface area contributed by atoms with Gasteiger partial charge in [-0.15, -0.1) is 0 Å². The molecule has 0 bridgehead atoms. The van der Waals surface area contributed by atoms with Crippen LogP contribution in [0.5, 0.6) is 0 Å². The van der Waals surface area contributed by atoms with Gasteiger partial charge < -0.3 is 10.5 Å². The van der Waals surface area contributed by atoms with Gasteiger partial charge in [-0.25, -0.2) is 0 Å². The molecule has 0 spiro atoms. The van der Waals surface area contributed by atoms with Crippen molar-refractivity contribution < 1.29 is 4.74 Å². The van der Waals surface area contributed by atoms with Gasteiger partial charge in [0.1, 0.15) is 5.82 Å². The first-order valence-corrected chi connectivity index (χ1v) is 4.09. The highest BCUT2D eigenvalue weighted by Gasteiger charge is 1.95. The molecular weight excluding hydrogens is 154 g/mol. The Morgan fingerprint density at radius 3 is 2.92 bits per heavy atom. The number of hydrogen-bond acceptors (Lipinski definition) is 3. The Balaban J connectivity index is 2.24. The lowest BCUT2D eigenvalue weighted by molar-refractivity contribution is 0.0710. The summed E-state index contributed by atoms with van der Waals surface area (Å²) in [6, 6.07) is 1.77. The van der Waals surface area contributed by atoms with Crippen molar-refractivity contribution in [1.29, 1.82) is 0 Å². The van der Waals surface area contributed by atoms with Crippen LogP contribution in [-0.4, -0.2) is 22.5 Å². The highest BCUT2D eigenvalue weighted by Crippen LogP contribution is 1.96. The molecule has 0 aliphatic carbocycles. The quantitative estimate of drug-likeness (QED) is 0.728. The van der Waals surface area contributed by atoms with Crippen molar-refractivity contribution in [1.82, 2.24) is 9.78 Å². The van der Waals surface area contributed by atoms with Gasteiger partial charge in [-0.1, -0.05) is 0 Å². The van der Waals surface area contributed by atoms with E-state index in [0.29, 0.717) is 12.4 Å². The van der Waals surface area contributed by atoms with Crippen LogP contribution in [0.15, 0.2) is 12.3 Å². The minimum atomic E-state index is 0.276. The van der Waals surface area contributed by atoms with Crippen molar-refractivity contribution in [3.8, 4) is 0 Å². The van der Waals surface area contributed by atoms with Crippen molar-refractivity contribution >= 4 is 5.82 Å². The summed E-state index contributed by atoms with van der Waals surface area (Å²) in [6.45, 7) is 5.46. The predicted octanol–water partition coefficient (Wildman–Crippen LogP) is 0.890. The molecule has 0 unspecified atom stereocenters. The highest BCUT2D eigenvalue weighted by molar-refractivity contribution is 5.23. The summed E-state index contributed by atoms with van der Waals surface area (Å²) in [6.07, 6.45) is 2.12. The molecule has 0 amide bonds.